The van der Waals surface area contributed by atoms with E-state index in [9.17, 15) is 9.59 Å². The number of halogens is 1. The monoisotopic (exact) mass is 265 g/mol. The quantitative estimate of drug-likeness (QED) is 0.848. The summed E-state index contributed by atoms with van der Waals surface area (Å²) in [5, 5.41) is 0.355. The maximum absolute atomic E-state index is 11.7. The number of rotatable bonds is 3. The fourth-order valence-corrected chi connectivity index (χ4v) is 1.82. The summed E-state index contributed by atoms with van der Waals surface area (Å²) < 4.78 is 1.42. The second-order valence-electron chi connectivity index (χ2n) is 3.85. The average molecular weight is 266 g/mol. The first-order valence-corrected chi connectivity index (χ1v) is 5.91. The summed E-state index contributed by atoms with van der Waals surface area (Å²) in [6, 6.07) is 3.54. The number of hydrogen-bond acceptors (Lipinski definition) is 3. The molecule has 0 aromatic carbocycles. The van der Waals surface area contributed by atoms with E-state index in [0.29, 0.717) is 17.1 Å². The lowest BCUT2D eigenvalue weighted by molar-refractivity contribution is 0.706. The van der Waals surface area contributed by atoms with Crippen LogP contribution in [-0.4, -0.2) is 14.5 Å². The van der Waals surface area contributed by atoms with Gasteiger partial charge >= 0.3 is 5.69 Å². The molecule has 6 heteroatoms. The van der Waals surface area contributed by atoms with Crippen molar-refractivity contribution in [2.45, 2.75) is 19.9 Å². The third-order valence-corrected chi connectivity index (χ3v) is 2.98. The minimum Gasteiger partial charge on any atom is -0.296 e. The van der Waals surface area contributed by atoms with Crippen molar-refractivity contribution in [3.05, 3.63) is 61.6 Å². The fraction of sp³-hybridized carbons (Fsp3) is 0.250. The Morgan fingerprint density at radius 3 is 2.83 bits per heavy atom. The Hall–Kier alpha value is -1.88. The minimum absolute atomic E-state index is 0.287. The van der Waals surface area contributed by atoms with Gasteiger partial charge in [0.2, 0.25) is 0 Å². The van der Waals surface area contributed by atoms with Gasteiger partial charge in [-0.1, -0.05) is 24.6 Å². The predicted molar refractivity (Wildman–Crippen MR) is 69.0 cm³/mol. The second kappa shape index (κ2) is 5.18. The molecule has 2 aromatic heterocycles. The first kappa shape index (κ1) is 12.6. The molecule has 0 unspecified atom stereocenters. The molecule has 0 bridgehead atoms. The molecule has 0 saturated heterocycles. The van der Waals surface area contributed by atoms with E-state index in [0.717, 1.165) is 5.56 Å². The average Bonchev–Trinajstić information content (AvgIpc) is 2.35. The molecule has 0 atom stereocenters. The molecule has 0 fully saturated rings. The van der Waals surface area contributed by atoms with Crippen molar-refractivity contribution in [2.24, 2.45) is 0 Å². The van der Waals surface area contributed by atoms with Crippen LogP contribution in [-0.2, 0) is 13.0 Å². The van der Waals surface area contributed by atoms with Crippen molar-refractivity contribution in [2.75, 3.05) is 0 Å². The molecule has 2 heterocycles. The third kappa shape index (κ3) is 2.51. The first-order valence-electron chi connectivity index (χ1n) is 5.54. The van der Waals surface area contributed by atoms with E-state index in [2.05, 4.69) is 9.97 Å². The Labute approximate surface area is 108 Å². The molecule has 94 valence electrons. The van der Waals surface area contributed by atoms with E-state index in [1.165, 1.54) is 4.57 Å². The molecule has 5 nitrogen and oxygen atoms in total. The van der Waals surface area contributed by atoms with Gasteiger partial charge < -0.3 is 0 Å². The summed E-state index contributed by atoms with van der Waals surface area (Å²) in [4.78, 5) is 29.3. The summed E-state index contributed by atoms with van der Waals surface area (Å²) in [7, 11) is 0. The van der Waals surface area contributed by atoms with Crippen LogP contribution in [0.1, 0.15) is 18.1 Å². The lowest BCUT2D eigenvalue weighted by atomic mass is 10.2. The van der Waals surface area contributed by atoms with E-state index >= 15 is 0 Å². The highest BCUT2D eigenvalue weighted by molar-refractivity contribution is 6.30. The SMILES string of the molecule is CCc1cn(Cc2cccnc2Cl)c(=O)[nH]c1=O. The van der Waals surface area contributed by atoms with Gasteiger partial charge in [-0.2, -0.15) is 0 Å². The normalized spacial score (nSPS) is 10.6. The van der Waals surface area contributed by atoms with Crippen LogP contribution in [0.2, 0.25) is 5.15 Å². The van der Waals surface area contributed by atoms with Crippen LogP contribution in [0.5, 0.6) is 0 Å². The van der Waals surface area contributed by atoms with Gasteiger partial charge in [-0.3, -0.25) is 14.3 Å². The van der Waals surface area contributed by atoms with Crippen LogP contribution in [0.3, 0.4) is 0 Å². The van der Waals surface area contributed by atoms with E-state index < -0.39 is 5.69 Å². The van der Waals surface area contributed by atoms with Crippen LogP contribution in [0, 0.1) is 0 Å². The molecule has 0 amide bonds. The third-order valence-electron chi connectivity index (χ3n) is 2.64. The molecular formula is C12H12ClN3O2. The molecule has 0 aliphatic rings. The van der Waals surface area contributed by atoms with Gasteiger partial charge in [0.1, 0.15) is 5.15 Å². The number of aryl methyl sites for hydroxylation is 1. The highest BCUT2D eigenvalue weighted by Gasteiger charge is 2.06. The zero-order valence-corrected chi connectivity index (χ0v) is 10.6. The Kier molecular flexibility index (Phi) is 3.62. The standard InChI is InChI=1S/C12H12ClN3O2/c1-2-8-6-16(12(18)15-11(8)17)7-9-4-3-5-14-10(9)13/h3-6H,2,7H2,1H3,(H,15,17,18). The molecule has 0 aliphatic carbocycles. The lowest BCUT2D eigenvalue weighted by Gasteiger charge is -2.07. The summed E-state index contributed by atoms with van der Waals surface area (Å²) >= 11 is 5.93. The predicted octanol–water partition coefficient (Wildman–Crippen LogP) is 1.20. The van der Waals surface area contributed by atoms with Crippen LogP contribution in [0.15, 0.2) is 34.1 Å². The first-order chi connectivity index (χ1) is 8.61. The molecule has 18 heavy (non-hydrogen) atoms. The van der Waals surface area contributed by atoms with Gasteiger partial charge in [0, 0.05) is 23.5 Å². The highest BCUT2D eigenvalue weighted by atomic mass is 35.5. The summed E-state index contributed by atoms with van der Waals surface area (Å²) in [5.74, 6) is 0. The summed E-state index contributed by atoms with van der Waals surface area (Å²) in [6.45, 7) is 2.14. The summed E-state index contributed by atoms with van der Waals surface area (Å²) in [5.41, 5.74) is 0.512. The number of nitrogens with one attached hydrogen (secondary N) is 1. The van der Waals surface area contributed by atoms with Crippen molar-refractivity contribution in [3.63, 3.8) is 0 Å². The number of nitrogens with zero attached hydrogens (tertiary/aromatic N) is 2. The number of H-pyrrole nitrogens is 1. The lowest BCUT2D eigenvalue weighted by Crippen LogP contribution is -2.31. The molecule has 0 saturated carbocycles. The van der Waals surface area contributed by atoms with Crippen LogP contribution in [0.4, 0.5) is 0 Å². The molecule has 0 aliphatic heterocycles. The molecule has 0 spiro atoms. The molecular weight excluding hydrogens is 254 g/mol. The number of hydrogen-bond donors (Lipinski definition) is 1. The highest BCUT2D eigenvalue weighted by Crippen LogP contribution is 2.12. The van der Waals surface area contributed by atoms with Gasteiger partial charge in [-0.05, 0) is 12.5 Å². The molecule has 1 N–H and O–H groups in total. The maximum Gasteiger partial charge on any atom is 0.328 e. The molecule has 2 aromatic rings. The van der Waals surface area contributed by atoms with Gasteiger partial charge in [-0.25, -0.2) is 9.78 Å². The summed E-state index contributed by atoms with van der Waals surface area (Å²) in [6.07, 6.45) is 3.71. The van der Waals surface area contributed by atoms with Gasteiger partial charge in [0.15, 0.2) is 0 Å². The van der Waals surface area contributed by atoms with E-state index in [1.807, 2.05) is 6.92 Å². The topological polar surface area (TPSA) is 67.8 Å². The van der Waals surface area contributed by atoms with Crippen molar-refractivity contribution < 1.29 is 0 Å². The molecule has 2 rings (SSSR count). The zero-order chi connectivity index (χ0) is 13.1. The van der Waals surface area contributed by atoms with E-state index in [4.69, 9.17) is 11.6 Å². The molecule has 0 radical (unpaired) electrons. The Balaban J connectivity index is 2.44. The van der Waals surface area contributed by atoms with Crippen LogP contribution < -0.4 is 11.2 Å². The van der Waals surface area contributed by atoms with Crippen LogP contribution in [0.25, 0.3) is 0 Å². The zero-order valence-electron chi connectivity index (χ0n) is 9.81. The van der Waals surface area contributed by atoms with Crippen molar-refractivity contribution >= 4 is 11.6 Å². The second-order valence-corrected chi connectivity index (χ2v) is 4.21. The van der Waals surface area contributed by atoms with Gasteiger partial charge in [0.25, 0.3) is 5.56 Å². The fourth-order valence-electron chi connectivity index (χ4n) is 1.64. The Bertz CT molecular complexity index is 676. The number of pyridine rings is 1. The minimum atomic E-state index is -0.447. The smallest absolute Gasteiger partial charge is 0.296 e. The largest absolute Gasteiger partial charge is 0.328 e. The Morgan fingerprint density at radius 1 is 1.39 bits per heavy atom. The van der Waals surface area contributed by atoms with Gasteiger partial charge in [-0.15, -0.1) is 0 Å². The Morgan fingerprint density at radius 2 is 2.17 bits per heavy atom. The van der Waals surface area contributed by atoms with Crippen molar-refractivity contribution in [1.29, 1.82) is 0 Å². The van der Waals surface area contributed by atoms with Crippen LogP contribution >= 0.6 is 11.6 Å². The van der Waals surface area contributed by atoms with Crippen molar-refractivity contribution in [1.82, 2.24) is 14.5 Å². The van der Waals surface area contributed by atoms with E-state index in [1.54, 1.807) is 24.5 Å². The van der Waals surface area contributed by atoms with E-state index in [-0.39, 0.29) is 12.1 Å². The maximum atomic E-state index is 11.7. The van der Waals surface area contributed by atoms with Gasteiger partial charge in [0.05, 0.1) is 6.54 Å². The van der Waals surface area contributed by atoms with Crippen molar-refractivity contribution in [3.8, 4) is 0 Å². The number of aromatic nitrogens is 3. The number of aromatic amines is 1.